The highest BCUT2D eigenvalue weighted by Gasteiger charge is 2.19. The van der Waals surface area contributed by atoms with Crippen molar-refractivity contribution in [2.75, 3.05) is 43.0 Å². The summed E-state index contributed by atoms with van der Waals surface area (Å²) < 4.78 is 5.39. The Morgan fingerprint density at radius 3 is 2.95 bits per heavy atom. The van der Waals surface area contributed by atoms with Crippen molar-refractivity contribution in [1.82, 2.24) is 20.3 Å². The van der Waals surface area contributed by atoms with Gasteiger partial charge in [-0.3, -0.25) is 4.79 Å². The third kappa shape index (κ3) is 4.44. The van der Waals surface area contributed by atoms with Crippen molar-refractivity contribution < 1.29 is 9.53 Å². The van der Waals surface area contributed by atoms with Gasteiger partial charge in [-0.1, -0.05) is 6.92 Å². The van der Waals surface area contributed by atoms with Gasteiger partial charge in [0.05, 0.1) is 13.2 Å². The van der Waals surface area contributed by atoms with Crippen LogP contribution in [0.5, 0.6) is 6.01 Å². The predicted molar refractivity (Wildman–Crippen MR) is 79.6 cm³/mol. The topological polar surface area (TPSA) is 92.3 Å². The highest BCUT2D eigenvalue weighted by Crippen LogP contribution is 2.16. The summed E-state index contributed by atoms with van der Waals surface area (Å²) in [6.07, 6.45) is 1.83. The fraction of sp³-hybridized carbons (Fsp3) is 0.692. The molecule has 116 valence electrons. The Labute approximate surface area is 124 Å². The molecule has 1 fully saturated rings. The van der Waals surface area contributed by atoms with Gasteiger partial charge in [-0.25, -0.2) is 0 Å². The molecular weight excluding hydrogens is 272 g/mol. The van der Waals surface area contributed by atoms with Crippen molar-refractivity contribution in [2.45, 2.75) is 26.7 Å². The molecule has 0 aromatic carbocycles. The lowest BCUT2D eigenvalue weighted by Crippen LogP contribution is -2.34. The molecule has 2 rings (SSSR count). The van der Waals surface area contributed by atoms with Gasteiger partial charge in [0, 0.05) is 19.6 Å². The molecule has 0 atom stereocenters. The summed E-state index contributed by atoms with van der Waals surface area (Å²) in [5.74, 6) is 0.938. The zero-order valence-corrected chi connectivity index (χ0v) is 12.6. The molecule has 1 aromatic rings. The van der Waals surface area contributed by atoms with Crippen LogP contribution in [-0.4, -0.2) is 53.6 Å². The molecule has 0 radical (unpaired) electrons. The summed E-state index contributed by atoms with van der Waals surface area (Å²) in [7, 11) is 0. The van der Waals surface area contributed by atoms with Gasteiger partial charge in [-0.05, 0) is 19.8 Å². The Hall–Kier alpha value is -2.12. The minimum Gasteiger partial charge on any atom is -0.464 e. The summed E-state index contributed by atoms with van der Waals surface area (Å²) in [6, 6.07) is 0.283. The maximum Gasteiger partial charge on any atom is 0.323 e. The Balaban J connectivity index is 2.22. The van der Waals surface area contributed by atoms with Crippen LogP contribution in [0.25, 0.3) is 0 Å². The largest absolute Gasteiger partial charge is 0.464 e. The van der Waals surface area contributed by atoms with E-state index in [9.17, 15) is 4.79 Å². The SMILES string of the molecule is CCCNc1nc(OCC)nc(N2CCCNC(=O)C2)n1. The highest BCUT2D eigenvalue weighted by atomic mass is 16.5. The third-order valence-electron chi connectivity index (χ3n) is 2.95. The summed E-state index contributed by atoms with van der Waals surface area (Å²) in [5, 5.41) is 5.96. The van der Waals surface area contributed by atoms with Crippen LogP contribution in [0.4, 0.5) is 11.9 Å². The van der Waals surface area contributed by atoms with Crippen LogP contribution in [0.2, 0.25) is 0 Å². The van der Waals surface area contributed by atoms with Crippen molar-refractivity contribution in [1.29, 1.82) is 0 Å². The van der Waals surface area contributed by atoms with E-state index in [4.69, 9.17) is 4.74 Å². The number of carbonyl (C=O) groups is 1. The molecule has 1 amide bonds. The first-order valence-electron chi connectivity index (χ1n) is 7.37. The number of amides is 1. The van der Waals surface area contributed by atoms with Gasteiger partial charge < -0.3 is 20.3 Å². The zero-order valence-electron chi connectivity index (χ0n) is 12.6. The second kappa shape index (κ2) is 7.61. The van der Waals surface area contributed by atoms with Crippen LogP contribution in [0.15, 0.2) is 0 Å². The molecule has 1 aromatic heterocycles. The minimum absolute atomic E-state index is 0.0195. The van der Waals surface area contributed by atoms with E-state index >= 15 is 0 Å². The van der Waals surface area contributed by atoms with E-state index in [1.165, 1.54) is 0 Å². The molecule has 21 heavy (non-hydrogen) atoms. The molecule has 0 aliphatic carbocycles. The first-order chi connectivity index (χ1) is 10.2. The number of hydrogen-bond acceptors (Lipinski definition) is 7. The van der Waals surface area contributed by atoms with Crippen LogP contribution < -0.4 is 20.3 Å². The van der Waals surface area contributed by atoms with Gasteiger partial charge in [0.1, 0.15) is 0 Å². The standard InChI is InChI=1S/C13H22N6O2/c1-3-6-15-11-16-12(18-13(17-11)21-4-2)19-8-5-7-14-10(20)9-19/h3-9H2,1-2H3,(H,14,20)(H,15,16,17,18). The quantitative estimate of drug-likeness (QED) is 0.785. The molecular formula is C13H22N6O2. The summed E-state index contributed by atoms with van der Waals surface area (Å²) in [4.78, 5) is 26.4. The zero-order chi connectivity index (χ0) is 15.1. The lowest BCUT2D eigenvalue weighted by molar-refractivity contribution is -0.119. The fourth-order valence-corrected chi connectivity index (χ4v) is 1.97. The molecule has 0 saturated carbocycles. The number of ether oxygens (including phenoxy) is 1. The van der Waals surface area contributed by atoms with Gasteiger partial charge in [-0.15, -0.1) is 0 Å². The van der Waals surface area contributed by atoms with Crippen LogP contribution in [-0.2, 0) is 4.79 Å². The second-order valence-corrected chi connectivity index (χ2v) is 4.73. The number of aromatic nitrogens is 3. The maximum atomic E-state index is 11.7. The Kier molecular flexibility index (Phi) is 5.53. The highest BCUT2D eigenvalue weighted by molar-refractivity contribution is 5.81. The summed E-state index contributed by atoms with van der Waals surface area (Å²) in [5.41, 5.74) is 0. The smallest absolute Gasteiger partial charge is 0.323 e. The van der Waals surface area contributed by atoms with Crippen LogP contribution in [0.1, 0.15) is 26.7 Å². The molecule has 0 bridgehead atoms. The van der Waals surface area contributed by atoms with E-state index < -0.39 is 0 Å². The summed E-state index contributed by atoms with van der Waals surface area (Å²) in [6.45, 7) is 6.86. The Bertz CT molecular complexity index is 482. The van der Waals surface area contributed by atoms with Crippen molar-refractivity contribution >= 4 is 17.8 Å². The molecule has 1 saturated heterocycles. The lowest BCUT2D eigenvalue weighted by atomic mass is 10.4. The van der Waals surface area contributed by atoms with Gasteiger partial charge in [-0.2, -0.15) is 15.0 Å². The minimum atomic E-state index is -0.0195. The Morgan fingerprint density at radius 1 is 1.33 bits per heavy atom. The maximum absolute atomic E-state index is 11.7. The van der Waals surface area contributed by atoms with Gasteiger partial charge in [0.25, 0.3) is 0 Å². The number of anilines is 2. The average Bonchev–Trinajstić information content (AvgIpc) is 2.70. The number of hydrogen-bond donors (Lipinski definition) is 2. The molecule has 8 nitrogen and oxygen atoms in total. The molecule has 8 heteroatoms. The first kappa shape index (κ1) is 15.3. The molecule has 1 aliphatic rings. The predicted octanol–water partition coefficient (Wildman–Crippen LogP) is 0.419. The summed E-state index contributed by atoms with van der Waals surface area (Å²) >= 11 is 0. The number of carbonyl (C=O) groups excluding carboxylic acids is 1. The molecule has 0 spiro atoms. The average molecular weight is 294 g/mol. The third-order valence-corrected chi connectivity index (χ3v) is 2.95. The van der Waals surface area contributed by atoms with E-state index in [0.29, 0.717) is 25.0 Å². The van der Waals surface area contributed by atoms with Crippen LogP contribution in [0, 0.1) is 0 Å². The first-order valence-corrected chi connectivity index (χ1v) is 7.37. The monoisotopic (exact) mass is 294 g/mol. The second-order valence-electron chi connectivity index (χ2n) is 4.73. The normalized spacial score (nSPS) is 15.3. The van der Waals surface area contributed by atoms with Gasteiger partial charge >= 0.3 is 6.01 Å². The van der Waals surface area contributed by atoms with Crippen LogP contribution >= 0.6 is 0 Å². The van der Waals surface area contributed by atoms with Crippen molar-refractivity contribution in [3.8, 4) is 6.01 Å². The van der Waals surface area contributed by atoms with Gasteiger partial charge in [0.2, 0.25) is 17.8 Å². The van der Waals surface area contributed by atoms with Crippen molar-refractivity contribution in [3.05, 3.63) is 0 Å². The number of rotatable bonds is 6. The number of nitrogens with zero attached hydrogens (tertiary/aromatic N) is 4. The van der Waals surface area contributed by atoms with Crippen LogP contribution in [0.3, 0.4) is 0 Å². The van der Waals surface area contributed by atoms with E-state index in [2.05, 4.69) is 32.5 Å². The van der Waals surface area contributed by atoms with Gasteiger partial charge in [0.15, 0.2) is 0 Å². The van der Waals surface area contributed by atoms with E-state index in [1.807, 2.05) is 11.8 Å². The Morgan fingerprint density at radius 2 is 2.19 bits per heavy atom. The lowest BCUT2D eigenvalue weighted by Gasteiger charge is -2.19. The number of nitrogens with one attached hydrogen (secondary N) is 2. The molecule has 2 heterocycles. The van der Waals surface area contributed by atoms with E-state index in [1.54, 1.807) is 0 Å². The fourth-order valence-electron chi connectivity index (χ4n) is 1.97. The molecule has 2 N–H and O–H groups in total. The van der Waals surface area contributed by atoms with Crippen molar-refractivity contribution in [3.63, 3.8) is 0 Å². The molecule has 0 unspecified atom stereocenters. The van der Waals surface area contributed by atoms with Crippen molar-refractivity contribution in [2.24, 2.45) is 0 Å². The molecule has 1 aliphatic heterocycles. The van der Waals surface area contributed by atoms with E-state index in [-0.39, 0.29) is 18.5 Å². The van der Waals surface area contributed by atoms with E-state index in [0.717, 1.165) is 25.9 Å².